The minimum Gasteiger partial charge on any atom is -0.492 e. The second-order valence-electron chi connectivity index (χ2n) is 4.70. The van der Waals surface area contributed by atoms with Crippen LogP contribution in [0.2, 0.25) is 0 Å². The highest BCUT2D eigenvalue weighted by Crippen LogP contribution is 2.31. The molecule has 0 aromatic heterocycles. The number of aldehydes is 1. The summed E-state index contributed by atoms with van der Waals surface area (Å²) in [4.78, 5) is 10.2. The van der Waals surface area contributed by atoms with Gasteiger partial charge < -0.3 is 9.53 Å². The van der Waals surface area contributed by atoms with Crippen molar-refractivity contribution in [1.29, 1.82) is 0 Å². The van der Waals surface area contributed by atoms with Crippen molar-refractivity contribution in [2.24, 2.45) is 0 Å². The molecule has 3 heteroatoms. The zero-order chi connectivity index (χ0) is 12.2. The Kier molecular flexibility index (Phi) is 4.54. The highest BCUT2D eigenvalue weighted by Gasteiger charge is 2.15. The Labute approximate surface area is 105 Å². The Morgan fingerprint density at radius 1 is 1.38 bits per heavy atom. The summed E-state index contributed by atoms with van der Waals surface area (Å²) in [6.07, 6.45) is 1.28. The molecule has 88 valence electrons. The monoisotopic (exact) mass is 284 g/mol. The first-order valence-corrected chi connectivity index (χ1v) is 6.11. The van der Waals surface area contributed by atoms with Crippen molar-refractivity contribution in [3.05, 3.63) is 28.2 Å². The van der Waals surface area contributed by atoms with Crippen LogP contribution in [-0.4, -0.2) is 12.9 Å². The van der Waals surface area contributed by atoms with Crippen molar-refractivity contribution >= 4 is 22.2 Å². The largest absolute Gasteiger partial charge is 0.492 e. The molecule has 0 saturated carbocycles. The summed E-state index contributed by atoms with van der Waals surface area (Å²) in [5, 5.41) is 0. The van der Waals surface area contributed by atoms with Gasteiger partial charge in [-0.3, -0.25) is 0 Å². The van der Waals surface area contributed by atoms with Gasteiger partial charge in [0.05, 0.1) is 11.1 Å². The number of hydrogen-bond donors (Lipinski definition) is 0. The molecule has 1 rings (SSSR count). The first-order valence-electron chi connectivity index (χ1n) is 5.31. The number of hydrogen-bond acceptors (Lipinski definition) is 2. The Balaban J connectivity index is 2.79. The average molecular weight is 285 g/mol. The van der Waals surface area contributed by atoms with Crippen LogP contribution in [0.1, 0.15) is 32.8 Å². The minimum absolute atomic E-state index is 0.129. The predicted octanol–water partition coefficient (Wildman–Crippen LogP) is 3.71. The van der Waals surface area contributed by atoms with Crippen molar-refractivity contribution in [1.82, 2.24) is 0 Å². The topological polar surface area (TPSA) is 26.3 Å². The third kappa shape index (κ3) is 3.63. The van der Waals surface area contributed by atoms with E-state index in [1.165, 1.54) is 5.56 Å². The Morgan fingerprint density at radius 3 is 2.56 bits per heavy atom. The average Bonchev–Trinajstić information content (AvgIpc) is 2.19. The van der Waals surface area contributed by atoms with Crippen LogP contribution in [0.25, 0.3) is 0 Å². The summed E-state index contributed by atoms with van der Waals surface area (Å²) in [6, 6.07) is 6.06. The molecule has 0 radical (unpaired) electrons. The molecule has 1 aromatic carbocycles. The van der Waals surface area contributed by atoms with Gasteiger partial charge in [-0.25, -0.2) is 0 Å². The van der Waals surface area contributed by atoms with E-state index >= 15 is 0 Å². The van der Waals surface area contributed by atoms with Gasteiger partial charge in [0.1, 0.15) is 12.0 Å². The number of benzene rings is 1. The molecular formula is C13H17BrO2. The van der Waals surface area contributed by atoms with Crippen LogP contribution < -0.4 is 4.74 Å². The van der Waals surface area contributed by atoms with Crippen molar-refractivity contribution in [2.75, 3.05) is 6.61 Å². The summed E-state index contributed by atoms with van der Waals surface area (Å²) in [5.41, 5.74) is 1.38. The smallest absolute Gasteiger partial charge is 0.133 e. The molecule has 0 spiro atoms. The van der Waals surface area contributed by atoms with E-state index in [0.29, 0.717) is 13.0 Å². The molecule has 0 fully saturated rings. The molecule has 0 aliphatic rings. The van der Waals surface area contributed by atoms with E-state index in [9.17, 15) is 4.79 Å². The maximum absolute atomic E-state index is 10.2. The Bertz CT molecular complexity index is 367. The third-order valence-electron chi connectivity index (χ3n) is 2.29. The molecule has 0 N–H and O–H groups in total. The fourth-order valence-electron chi connectivity index (χ4n) is 1.30. The molecule has 16 heavy (non-hydrogen) atoms. The first kappa shape index (κ1) is 13.2. The van der Waals surface area contributed by atoms with Gasteiger partial charge in [-0.15, -0.1) is 0 Å². The molecule has 0 unspecified atom stereocenters. The van der Waals surface area contributed by atoms with Crippen LogP contribution in [0.5, 0.6) is 5.75 Å². The van der Waals surface area contributed by atoms with Gasteiger partial charge in [0, 0.05) is 6.42 Å². The van der Waals surface area contributed by atoms with Gasteiger partial charge in [-0.2, -0.15) is 0 Å². The van der Waals surface area contributed by atoms with Gasteiger partial charge in [-0.05, 0) is 39.0 Å². The van der Waals surface area contributed by atoms with E-state index in [1.807, 2.05) is 6.07 Å². The summed E-state index contributed by atoms with van der Waals surface area (Å²) in [7, 11) is 0. The molecule has 0 saturated heterocycles. The summed E-state index contributed by atoms with van der Waals surface area (Å²) < 4.78 is 6.40. The number of ether oxygens (including phenoxy) is 1. The van der Waals surface area contributed by atoms with Gasteiger partial charge in [0.15, 0.2) is 0 Å². The van der Waals surface area contributed by atoms with Crippen LogP contribution in [0, 0.1) is 0 Å². The van der Waals surface area contributed by atoms with E-state index in [2.05, 4.69) is 48.8 Å². The third-order valence-corrected chi connectivity index (χ3v) is 2.91. The first-order chi connectivity index (χ1) is 7.45. The van der Waals surface area contributed by atoms with E-state index in [4.69, 9.17) is 4.74 Å². The lowest BCUT2D eigenvalue weighted by Gasteiger charge is -2.20. The normalized spacial score (nSPS) is 11.2. The number of rotatable bonds is 4. The molecule has 2 nitrogen and oxygen atoms in total. The standard InChI is InChI=1S/C13H17BrO2/c1-13(2,3)10-5-6-12(11(14)9-10)16-8-4-7-15/h5-7,9H,4,8H2,1-3H3. The Hall–Kier alpha value is -0.830. The lowest BCUT2D eigenvalue weighted by atomic mass is 9.87. The molecular weight excluding hydrogens is 268 g/mol. The van der Waals surface area contributed by atoms with Crippen molar-refractivity contribution in [3.63, 3.8) is 0 Å². The highest BCUT2D eigenvalue weighted by molar-refractivity contribution is 9.10. The van der Waals surface area contributed by atoms with Gasteiger partial charge in [-0.1, -0.05) is 26.8 Å². The van der Waals surface area contributed by atoms with Crippen LogP contribution in [0.3, 0.4) is 0 Å². The van der Waals surface area contributed by atoms with Gasteiger partial charge in [0.2, 0.25) is 0 Å². The number of halogens is 1. The quantitative estimate of drug-likeness (QED) is 0.622. The zero-order valence-electron chi connectivity index (χ0n) is 9.92. The van der Waals surface area contributed by atoms with E-state index in [1.54, 1.807) is 0 Å². The van der Waals surface area contributed by atoms with E-state index < -0.39 is 0 Å². The van der Waals surface area contributed by atoms with E-state index in [-0.39, 0.29) is 5.41 Å². The van der Waals surface area contributed by atoms with Crippen LogP contribution in [-0.2, 0) is 10.2 Å². The lowest BCUT2D eigenvalue weighted by Crippen LogP contribution is -2.11. The second-order valence-corrected chi connectivity index (χ2v) is 5.55. The van der Waals surface area contributed by atoms with Crippen LogP contribution >= 0.6 is 15.9 Å². The summed E-state index contributed by atoms with van der Waals surface area (Å²) >= 11 is 3.48. The fourth-order valence-corrected chi connectivity index (χ4v) is 1.79. The number of carbonyl (C=O) groups excluding carboxylic acids is 1. The van der Waals surface area contributed by atoms with Gasteiger partial charge in [0.25, 0.3) is 0 Å². The summed E-state index contributed by atoms with van der Waals surface area (Å²) in [6.45, 7) is 6.93. The highest BCUT2D eigenvalue weighted by atomic mass is 79.9. The zero-order valence-corrected chi connectivity index (χ0v) is 11.5. The summed E-state index contributed by atoms with van der Waals surface area (Å²) in [5.74, 6) is 0.787. The number of carbonyl (C=O) groups is 1. The molecule has 0 bridgehead atoms. The maximum atomic E-state index is 10.2. The fraction of sp³-hybridized carbons (Fsp3) is 0.462. The maximum Gasteiger partial charge on any atom is 0.133 e. The van der Waals surface area contributed by atoms with E-state index in [0.717, 1.165) is 16.5 Å². The van der Waals surface area contributed by atoms with Crippen molar-refractivity contribution < 1.29 is 9.53 Å². The Morgan fingerprint density at radius 2 is 2.06 bits per heavy atom. The molecule has 0 amide bonds. The van der Waals surface area contributed by atoms with Crippen LogP contribution in [0.15, 0.2) is 22.7 Å². The SMILES string of the molecule is CC(C)(C)c1ccc(OCCC=O)c(Br)c1. The second kappa shape index (κ2) is 5.48. The van der Waals surface area contributed by atoms with Gasteiger partial charge >= 0.3 is 0 Å². The molecule has 1 aromatic rings. The predicted molar refractivity (Wildman–Crippen MR) is 69.0 cm³/mol. The molecule has 0 atom stereocenters. The van der Waals surface area contributed by atoms with Crippen molar-refractivity contribution in [2.45, 2.75) is 32.6 Å². The molecule has 0 heterocycles. The lowest BCUT2D eigenvalue weighted by molar-refractivity contribution is -0.108. The van der Waals surface area contributed by atoms with Crippen molar-refractivity contribution in [3.8, 4) is 5.75 Å². The molecule has 0 aliphatic heterocycles. The minimum atomic E-state index is 0.129. The molecule has 0 aliphatic carbocycles. The van der Waals surface area contributed by atoms with Crippen LogP contribution in [0.4, 0.5) is 0 Å².